The molecule has 0 rings (SSSR count). The van der Waals surface area contributed by atoms with E-state index >= 15 is 0 Å². The van der Waals surface area contributed by atoms with Gasteiger partial charge in [-0.3, -0.25) is 14.4 Å². The maximum absolute atomic E-state index is 12.7. The molecule has 0 saturated heterocycles. The van der Waals surface area contributed by atoms with E-state index in [0.29, 0.717) is 12.8 Å². The minimum absolute atomic E-state index is 0.117. The predicted molar refractivity (Wildman–Crippen MR) is 247 cm³/mol. The second kappa shape index (κ2) is 46.0. The van der Waals surface area contributed by atoms with Crippen molar-refractivity contribution in [2.45, 2.75) is 200 Å². The summed E-state index contributed by atoms with van der Waals surface area (Å²) in [5.74, 6) is -1.08. The highest BCUT2D eigenvalue weighted by molar-refractivity contribution is 5.72. The molecule has 0 saturated carbocycles. The Kier molecular flexibility index (Phi) is 43.1. The van der Waals surface area contributed by atoms with E-state index in [9.17, 15) is 14.4 Å². The summed E-state index contributed by atoms with van der Waals surface area (Å²) in [6.07, 6.45) is 60.0. The van der Waals surface area contributed by atoms with Gasteiger partial charge < -0.3 is 14.2 Å². The minimum Gasteiger partial charge on any atom is -0.462 e. The molecular weight excluding hydrogens is 721 g/mol. The Morgan fingerprint density at radius 3 is 1.22 bits per heavy atom. The molecule has 0 heterocycles. The summed E-state index contributed by atoms with van der Waals surface area (Å²) in [7, 11) is 0. The first-order valence-electron chi connectivity index (χ1n) is 23.2. The molecule has 0 aromatic heterocycles. The van der Waals surface area contributed by atoms with E-state index in [1.807, 2.05) is 6.08 Å². The van der Waals surface area contributed by atoms with Gasteiger partial charge in [0, 0.05) is 12.8 Å². The highest BCUT2D eigenvalue weighted by Gasteiger charge is 2.19. The average Bonchev–Trinajstić information content (AvgIpc) is 3.22. The Hall–Kier alpha value is -3.67. The van der Waals surface area contributed by atoms with Crippen LogP contribution in [0.25, 0.3) is 0 Å². The third-order valence-corrected chi connectivity index (χ3v) is 9.34. The molecule has 58 heavy (non-hydrogen) atoms. The van der Waals surface area contributed by atoms with Crippen LogP contribution in [0.1, 0.15) is 194 Å². The fraction of sp³-hybridized carbons (Fsp3) is 0.635. The lowest BCUT2D eigenvalue weighted by atomic mass is 10.1. The van der Waals surface area contributed by atoms with Gasteiger partial charge in [0.2, 0.25) is 0 Å². The van der Waals surface area contributed by atoms with E-state index in [1.165, 1.54) is 44.9 Å². The van der Waals surface area contributed by atoms with Crippen LogP contribution in [0.5, 0.6) is 0 Å². The third kappa shape index (κ3) is 43.5. The molecule has 0 aliphatic carbocycles. The first-order chi connectivity index (χ1) is 28.5. The molecule has 6 nitrogen and oxygen atoms in total. The molecule has 0 aliphatic rings. The first kappa shape index (κ1) is 54.3. The number of ether oxygens (including phenoxy) is 3. The van der Waals surface area contributed by atoms with E-state index in [-0.39, 0.29) is 31.6 Å². The Bertz CT molecular complexity index is 1200. The Morgan fingerprint density at radius 1 is 0.379 bits per heavy atom. The van der Waals surface area contributed by atoms with Crippen molar-refractivity contribution in [3.63, 3.8) is 0 Å². The van der Waals surface area contributed by atoms with Gasteiger partial charge in [0.1, 0.15) is 13.2 Å². The average molecular weight is 805 g/mol. The van der Waals surface area contributed by atoms with Gasteiger partial charge >= 0.3 is 17.9 Å². The topological polar surface area (TPSA) is 78.9 Å². The summed E-state index contributed by atoms with van der Waals surface area (Å²) in [5.41, 5.74) is 0. The van der Waals surface area contributed by atoms with Gasteiger partial charge in [0.05, 0.1) is 6.42 Å². The normalized spacial score (nSPS) is 12.9. The number of unbranched alkanes of at least 4 members (excludes halogenated alkanes) is 14. The Morgan fingerprint density at radius 2 is 0.741 bits per heavy atom. The molecule has 0 spiro atoms. The molecule has 0 fully saturated rings. The lowest BCUT2D eigenvalue weighted by Crippen LogP contribution is -2.30. The second-order valence-electron chi connectivity index (χ2n) is 14.9. The number of esters is 3. The quantitative estimate of drug-likeness (QED) is 0.0266. The summed E-state index contributed by atoms with van der Waals surface area (Å²) in [5, 5.41) is 0. The van der Waals surface area contributed by atoms with Gasteiger partial charge in [-0.05, 0) is 96.3 Å². The van der Waals surface area contributed by atoms with Crippen LogP contribution < -0.4 is 0 Å². The van der Waals surface area contributed by atoms with Crippen molar-refractivity contribution in [3.05, 3.63) is 97.2 Å². The molecule has 1 unspecified atom stereocenters. The van der Waals surface area contributed by atoms with E-state index in [1.54, 1.807) is 6.08 Å². The van der Waals surface area contributed by atoms with E-state index in [0.717, 1.165) is 109 Å². The molecule has 0 N–H and O–H groups in total. The van der Waals surface area contributed by atoms with Crippen LogP contribution in [0, 0.1) is 0 Å². The maximum Gasteiger partial charge on any atom is 0.309 e. The van der Waals surface area contributed by atoms with Crippen molar-refractivity contribution in [1.29, 1.82) is 0 Å². The van der Waals surface area contributed by atoms with Gasteiger partial charge in [-0.25, -0.2) is 0 Å². The largest absolute Gasteiger partial charge is 0.462 e. The maximum atomic E-state index is 12.7. The molecule has 1 atom stereocenters. The summed E-state index contributed by atoms with van der Waals surface area (Å²) in [6.45, 7) is 6.24. The summed E-state index contributed by atoms with van der Waals surface area (Å²) >= 11 is 0. The number of carbonyl (C=O) groups is 3. The van der Waals surface area contributed by atoms with Crippen LogP contribution in [0.4, 0.5) is 0 Å². The van der Waals surface area contributed by atoms with Crippen LogP contribution in [0.3, 0.4) is 0 Å². The Labute approximate surface area is 356 Å². The number of rotatable bonds is 40. The van der Waals surface area contributed by atoms with Crippen molar-refractivity contribution >= 4 is 17.9 Å². The van der Waals surface area contributed by atoms with Crippen LogP contribution >= 0.6 is 0 Å². The van der Waals surface area contributed by atoms with Crippen molar-refractivity contribution in [2.24, 2.45) is 0 Å². The molecular formula is C52H84O6. The molecule has 0 bridgehead atoms. The monoisotopic (exact) mass is 805 g/mol. The number of allylic oxidation sites excluding steroid dienone is 15. The van der Waals surface area contributed by atoms with Gasteiger partial charge in [-0.1, -0.05) is 176 Å². The van der Waals surface area contributed by atoms with Gasteiger partial charge in [-0.15, -0.1) is 0 Å². The zero-order chi connectivity index (χ0) is 42.3. The zero-order valence-electron chi connectivity index (χ0n) is 37.3. The van der Waals surface area contributed by atoms with Crippen LogP contribution in [-0.4, -0.2) is 37.2 Å². The molecule has 0 amide bonds. The summed E-state index contributed by atoms with van der Waals surface area (Å²) < 4.78 is 16.6. The molecule has 0 aromatic carbocycles. The lowest BCUT2D eigenvalue weighted by molar-refractivity contribution is -0.166. The standard InChI is InChI=1S/C52H84O6/c1-4-7-10-13-16-19-21-23-24-25-26-27-28-29-31-33-36-39-42-45-51(54)57-48-49(47-56-50(53)44-41-38-35-32-18-15-12-9-6-3)58-52(55)46-43-40-37-34-30-22-20-17-14-11-8-5-2/h7,9-10,12,16-20,23-24,26-27,32,38,41,49H,4-6,8,11,13-15,21-22,25,28-31,33-37,39-40,42-48H2,1-3H3/b10-7-,12-9-,19-16-,20-17-,24-23-,27-26-,32-18-,41-38-. The van der Waals surface area contributed by atoms with Gasteiger partial charge in [0.15, 0.2) is 6.10 Å². The van der Waals surface area contributed by atoms with E-state index in [4.69, 9.17) is 14.2 Å². The van der Waals surface area contributed by atoms with Crippen molar-refractivity contribution in [3.8, 4) is 0 Å². The van der Waals surface area contributed by atoms with Crippen molar-refractivity contribution < 1.29 is 28.6 Å². The van der Waals surface area contributed by atoms with Crippen LogP contribution in [0.2, 0.25) is 0 Å². The molecule has 0 radical (unpaired) electrons. The summed E-state index contributed by atoms with van der Waals surface area (Å²) in [6, 6.07) is 0. The lowest BCUT2D eigenvalue weighted by Gasteiger charge is -2.18. The molecule has 328 valence electrons. The smallest absolute Gasteiger partial charge is 0.309 e. The minimum atomic E-state index is -0.821. The summed E-state index contributed by atoms with van der Waals surface area (Å²) in [4.78, 5) is 37.6. The van der Waals surface area contributed by atoms with E-state index in [2.05, 4.69) is 106 Å². The molecule has 0 aliphatic heterocycles. The highest BCUT2D eigenvalue weighted by Crippen LogP contribution is 2.12. The predicted octanol–water partition coefficient (Wildman–Crippen LogP) is 15.0. The zero-order valence-corrected chi connectivity index (χ0v) is 37.3. The van der Waals surface area contributed by atoms with Gasteiger partial charge in [-0.2, -0.15) is 0 Å². The molecule has 0 aromatic rings. The SMILES string of the molecule is CC/C=C\C/C=C\C/C=C\C/C=C\CCCCCCCCC(=O)OCC(COC(=O)C/C=C\C/C=C\C/C=C\CC)OC(=O)CCCCCCC/C=C\CCCCC. The Balaban J connectivity index is 4.42. The third-order valence-electron chi connectivity index (χ3n) is 9.34. The van der Waals surface area contributed by atoms with Crippen LogP contribution in [-0.2, 0) is 28.6 Å². The highest BCUT2D eigenvalue weighted by atomic mass is 16.6. The van der Waals surface area contributed by atoms with Crippen LogP contribution in [0.15, 0.2) is 97.2 Å². The van der Waals surface area contributed by atoms with Crippen molar-refractivity contribution in [1.82, 2.24) is 0 Å². The fourth-order valence-electron chi connectivity index (χ4n) is 5.90. The first-order valence-corrected chi connectivity index (χ1v) is 23.2. The number of hydrogen-bond acceptors (Lipinski definition) is 6. The molecule has 6 heteroatoms. The number of carbonyl (C=O) groups excluding carboxylic acids is 3. The number of hydrogen-bond donors (Lipinski definition) is 0. The second-order valence-corrected chi connectivity index (χ2v) is 14.9. The fourth-order valence-corrected chi connectivity index (χ4v) is 5.90. The van der Waals surface area contributed by atoms with E-state index < -0.39 is 12.1 Å². The van der Waals surface area contributed by atoms with Crippen molar-refractivity contribution in [2.75, 3.05) is 13.2 Å². The van der Waals surface area contributed by atoms with Gasteiger partial charge in [0.25, 0.3) is 0 Å².